The first-order valence-electron chi connectivity index (χ1n) is 4.77. The molecule has 1 aromatic rings. The van der Waals surface area contributed by atoms with E-state index in [1.807, 2.05) is 0 Å². The first-order chi connectivity index (χ1) is 6.68. The van der Waals surface area contributed by atoms with Crippen LogP contribution in [0.1, 0.15) is 43.5 Å². The quantitative estimate of drug-likeness (QED) is 0.713. The monoisotopic (exact) mass is 216 g/mol. The summed E-state index contributed by atoms with van der Waals surface area (Å²) in [6, 6.07) is 0. The standard InChI is InChI=1S/C9H13ClN2O2/c1-5-3-4-13-7(5)9-12-11-8(14-9)6(2)10/h5-7H,3-4H2,1-2H3. The van der Waals surface area contributed by atoms with Gasteiger partial charge in [0.15, 0.2) is 0 Å². The van der Waals surface area contributed by atoms with Gasteiger partial charge in [-0.2, -0.15) is 0 Å². The van der Waals surface area contributed by atoms with Crippen molar-refractivity contribution in [2.24, 2.45) is 5.92 Å². The summed E-state index contributed by atoms with van der Waals surface area (Å²) in [4.78, 5) is 0. The first-order valence-corrected chi connectivity index (χ1v) is 5.21. The van der Waals surface area contributed by atoms with E-state index < -0.39 is 0 Å². The van der Waals surface area contributed by atoms with E-state index in [4.69, 9.17) is 20.8 Å². The van der Waals surface area contributed by atoms with Gasteiger partial charge in [-0.25, -0.2) is 0 Å². The minimum atomic E-state index is -0.243. The minimum Gasteiger partial charge on any atom is -0.421 e. The molecule has 1 fully saturated rings. The summed E-state index contributed by atoms with van der Waals surface area (Å²) < 4.78 is 10.9. The number of ether oxygens (including phenoxy) is 1. The summed E-state index contributed by atoms with van der Waals surface area (Å²) in [5, 5.41) is 7.57. The zero-order chi connectivity index (χ0) is 10.1. The van der Waals surface area contributed by atoms with Crippen molar-refractivity contribution in [1.82, 2.24) is 10.2 Å². The predicted octanol–water partition coefficient (Wildman–Crippen LogP) is 2.47. The number of alkyl halides is 1. The second-order valence-corrected chi connectivity index (χ2v) is 4.31. The molecular weight excluding hydrogens is 204 g/mol. The van der Waals surface area contributed by atoms with Gasteiger partial charge in [-0.05, 0) is 19.3 Å². The highest BCUT2D eigenvalue weighted by atomic mass is 35.5. The molecule has 1 aliphatic heterocycles. The molecule has 0 bridgehead atoms. The van der Waals surface area contributed by atoms with Crippen molar-refractivity contribution in [3.8, 4) is 0 Å². The molecule has 2 rings (SSSR count). The zero-order valence-electron chi connectivity index (χ0n) is 8.24. The number of hydrogen-bond donors (Lipinski definition) is 0. The fourth-order valence-electron chi connectivity index (χ4n) is 1.53. The molecule has 14 heavy (non-hydrogen) atoms. The van der Waals surface area contributed by atoms with Gasteiger partial charge in [0.1, 0.15) is 11.5 Å². The third kappa shape index (κ3) is 1.77. The molecule has 3 atom stereocenters. The highest BCUT2D eigenvalue weighted by Gasteiger charge is 2.30. The predicted molar refractivity (Wildman–Crippen MR) is 51.0 cm³/mol. The second-order valence-electron chi connectivity index (χ2n) is 3.65. The Balaban J connectivity index is 2.16. The van der Waals surface area contributed by atoms with Crippen molar-refractivity contribution in [2.45, 2.75) is 31.7 Å². The van der Waals surface area contributed by atoms with Crippen LogP contribution in [0.5, 0.6) is 0 Å². The molecule has 1 aromatic heterocycles. The van der Waals surface area contributed by atoms with Crippen molar-refractivity contribution >= 4 is 11.6 Å². The maximum absolute atomic E-state index is 5.82. The molecule has 0 aliphatic carbocycles. The summed E-state index contributed by atoms with van der Waals surface area (Å²) in [5.74, 6) is 1.45. The van der Waals surface area contributed by atoms with Crippen molar-refractivity contribution in [2.75, 3.05) is 6.61 Å². The van der Waals surface area contributed by atoms with Gasteiger partial charge in [-0.15, -0.1) is 21.8 Å². The summed E-state index contributed by atoms with van der Waals surface area (Å²) in [7, 11) is 0. The van der Waals surface area contributed by atoms with Crippen LogP contribution in [0.4, 0.5) is 0 Å². The number of nitrogens with zero attached hydrogens (tertiary/aromatic N) is 2. The minimum absolute atomic E-state index is 0.0494. The third-order valence-corrected chi connectivity index (χ3v) is 2.61. The molecule has 4 nitrogen and oxygen atoms in total. The van der Waals surface area contributed by atoms with Gasteiger partial charge in [-0.1, -0.05) is 6.92 Å². The highest BCUT2D eigenvalue weighted by Crippen LogP contribution is 2.34. The van der Waals surface area contributed by atoms with E-state index in [9.17, 15) is 0 Å². The Kier molecular flexibility index (Phi) is 2.74. The lowest BCUT2D eigenvalue weighted by Crippen LogP contribution is -2.03. The molecule has 5 heteroatoms. The molecule has 0 aromatic carbocycles. The number of halogens is 1. The second kappa shape index (κ2) is 3.87. The van der Waals surface area contributed by atoms with Gasteiger partial charge >= 0.3 is 0 Å². The highest BCUT2D eigenvalue weighted by molar-refractivity contribution is 6.20. The summed E-state index contributed by atoms with van der Waals surface area (Å²) in [6.07, 6.45) is 0.991. The van der Waals surface area contributed by atoms with Crippen molar-refractivity contribution < 1.29 is 9.15 Å². The molecule has 78 valence electrons. The molecular formula is C9H13ClN2O2. The number of aromatic nitrogens is 2. The Morgan fingerprint density at radius 1 is 1.50 bits per heavy atom. The maximum Gasteiger partial charge on any atom is 0.245 e. The molecule has 0 spiro atoms. The zero-order valence-corrected chi connectivity index (χ0v) is 8.99. The van der Waals surface area contributed by atoms with Crippen LogP contribution in [0, 0.1) is 5.92 Å². The number of hydrogen-bond acceptors (Lipinski definition) is 4. The van der Waals surface area contributed by atoms with Crippen LogP contribution >= 0.6 is 11.6 Å². The Labute approximate surface area is 87.6 Å². The lowest BCUT2D eigenvalue weighted by Gasteiger charge is -2.08. The third-order valence-electron chi connectivity index (χ3n) is 2.43. The van der Waals surface area contributed by atoms with Gasteiger partial charge < -0.3 is 9.15 Å². The topological polar surface area (TPSA) is 48.2 Å². The van der Waals surface area contributed by atoms with E-state index in [0.717, 1.165) is 13.0 Å². The van der Waals surface area contributed by atoms with E-state index in [-0.39, 0.29) is 11.5 Å². The molecule has 0 saturated carbocycles. The van der Waals surface area contributed by atoms with E-state index in [1.54, 1.807) is 6.92 Å². The molecule has 1 saturated heterocycles. The lowest BCUT2D eigenvalue weighted by molar-refractivity contribution is 0.0704. The van der Waals surface area contributed by atoms with Gasteiger partial charge in [0.2, 0.25) is 11.8 Å². The first kappa shape index (κ1) is 9.93. The fraction of sp³-hybridized carbons (Fsp3) is 0.778. The molecule has 3 unspecified atom stereocenters. The van der Waals surface area contributed by atoms with Crippen LogP contribution in [0.15, 0.2) is 4.42 Å². The van der Waals surface area contributed by atoms with Crippen molar-refractivity contribution in [3.63, 3.8) is 0 Å². The summed E-state index contributed by atoms with van der Waals surface area (Å²) >= 11 is 5.82. The summed E-state index contributed by atoms with van der Waals surface area (Å²) in [6.45, 7) is 4.68. The molecule has 0 amide bonds. The largest absolute Gasteiger partial charge is 0.421 e. The van der Waals surface area contributed by atoms with Crippen LogP contribution in [0.2, 0.25) is 0 Å². The molecule has 1 aliphatic rings. The fourth-order valence-corrected chi connectivity index (χ4v) is 1.62. The van der Waals surface area contributed by atoms with Crippen LogP contribution < -0.4 is 0 Å². The van der Waals surface area contributed by atoms with E-state index >= 15 is 0 Å². The van der Waals surface area contributed by atoms with E-state index in [1.165, 1.54) is 0 Å². The lowest BCUT2D eigenvalue weighted by atomic mass is 10.0. The van der Waals surface area contributed by atoms with Crippen LogP contribution in [0.25, 0.3) is 0 Å². The Bertz CT molecular complexity index is 314. The Morgan fingerprint density at radius 3 is 2.79 bits per heavy atom. The average molecular weight is 217 g/mol. The SMILES string of the molecule is CC(Cl)c1nnc(C2OCCC2C)o1. The van der Waals surface area contributed by atoms with Gasteiger partial charge in [0, 0.05) is 6.61 Å². The van der Waals surface area contributed by atoms with Crippen LogP contribution in [-0.2, 0) is 4.74 Å². The van der Waals surface area contributed by atoms with Crippen molar-refractivity contribution in [3.05, 3.63) is 11.8 Å². The van der Waals surface area contributed by atoms with Crippen molar-refractivity contribution in [1.29, 1.82) is 0 Å². The number of rotatable bonds is 2. The van der Waals surface area contributed by atoms with Crippen LogP contribution in [0.3, 0.4) is 0 Å². The Morgan fingerprint density at radius 2 is 2.29 bits per heavy atom. The smallest absolute Gasteiger partial charge is 0.245 e. The molecule has 0 radical (unpaired) electrons. The van der Waals surface area contributed by atoms with Crippen LogP contribution in [-0.4, -0.2) is 16.8 Å². The molecule has 2 heterocycles. The average Bonchev–Trinajstić information content (AvgIpc) is 2.71. The maximum atomic E-state index is 5.82. The normalized spacial score (nSPS) is 29.4. The molecule has 0 N–H and O–H groups in total. The van der Waals surface area contributed by atoms with Gasteiger partial charge in [0.05, 0.1) is 0 Å². The summed E-state index contributed by atoms with van der Waals surface area (Å²) in [5.41, 5.74) is 0. The Hall–Kier alpha value is -0.610. The van der Waals surface area contributed by atoms with Gasteiger partial charge in [-0.3, -0.25) is 0 Å². The van der Waals surface area contributed by atoms with E-state index in [2.05, 4.69) is 17.1 Å². The van der Waals surface area contributed by atoms with E-state index in [0.29, 0.717) is 17.7 Å². The van der Waals surface area contributed by atoms with Gasteiger partial charge in [0.25, 0.3) is 0 Å².